The zero-order chi connectivity index (χ0) is 23.6. The van der Waals surface area contributed by atoms with Crippen molar-refractivity contribution in [2.24, 2.45) is 0 Å². The Morgan fingerprint density at radius 2 is 1.19 bits per heavy atom. The predicted molar refractivity (Wildman–Crippen MR) is 149 cm³/mol. The molecule has 0 aromatic heterocycles. The number of hydrogen-bond acceptors (Lipinski definition) is 3. The average Bonchev–Trinajstić information content (AvgIpc) is 2.83. The van der Waals surface area contributed by atoms with E-state index in [1.54, 1.807) is 77.0 Å². The molecule has 4 aliphatic carbocycles. The quantitative estimate of drug-likeness (QED) is 0.0991. The van der Waals surface area contributed by atoms with Gasteiger partial charge in [-0.1, -0.05) is 65.7 Å². The molecule has 0 bridgehead atoms. The van der Waals surface area contributed by atoms with Crippen molar-refractivity contribution in [3.8, 4) is 0 Å². The van der Waals surface area contributed by atoms with Crippen LogP contribution in [-0.2, 0) is 23.9 Å². The van der Waals surface area contributed by atoms with Crippen molar-refractivity contribution in [3.05, 3.63) is 46.5 Å². The summed E-state index contributed by atoms with van der Waals surface area (Å²) < 4.78 is 5.33. The van der Waals surface area contributed by atoms with E-state index in [1.807, 2.05) is 13.8 Å². The summed E-state index contributed by atoms with van der Waals surface area (Å²) >= 11 is 0. The zero-order valence-corrected chi connectivity index (χ0v) is 26.2. The third-order valence-electron chi connectivity index (χ3n) is 7.56. The molecule has 0 N–H and O–H groups in total. The maximum atomic E-state index is 10.4. The van der Waals surface area contributed by atoms with Gasteiger partial charge in [-0.05, 0) is 61.6 Å². The van der Waals surface area contributed by atoms with Gasteiger partial charge in [-0.15, -0.1) is 12.4 Å². The fraction of sp³-hybridized carbons (Fsp3) is 0.750. The molecule has 4 nitrogen and oxygen atoms in total. The summed E-state index contributed by atoms with van der Waals surface area (Å²) in [5, 5.41) is 20.3. The second kappa shape index (κ2) is 19.2. The second-order valence-electron chi connectivity index (χ2n) is 10.5. The van der Waals surface area contributed by atoms with Crippen LogP contribution in [0.3, 0.4) is 0 Å². The fourth-order valence-corrected chi connectivity index (χ4v) is 10.7. The van der Waals surface area contributed by atoms with Crippen LogP contribution in [0.1, 0.15) is 110 Å². The van der Waals surface area contributed by atoms with Crippen molar-refractivity contribution < 1.29 is 36.3 Å². The van der Waals surface area contributed by atoms with Gasteiger partial charge in [-0.3, -0.25) is 0 Å². The van der Waals surface area contributed by atoms with Crippen LogP contribution in [0.2, 0.25) is 0 Å². The maximum Gasteiger partial charge on any atom is 1.00 e. The van der Waals surface area contributed by atoms with Crippen molar-refractivity contribution in [1.29, 1.82) is 0 Å². The molecule has 3 fully saturated rings. The third kappa shape index (κ3) is 11.5. The van der Waals surface area contributed by atoms with Gasteiger partial charge in [-0.25, -0.2) is 0 Å². The molecule has 0 heterocycles. The largest absolute Gasteiger partial charge is 1.00 e. The fourth-order valence-electron chi connectivity index (χ4n) is 6.04. The van der Waals surface area contributed by atoms with Gasteiger partial charge >= 0.3 is 25.3 Å². The Kier molecular flexibility index (Phi) is 19.3. The monoisotopic (exact) mass is 646 g/mol. The first-order valence-electron chi connectivity index (χ1n) is 13.4. The van der Waals surface area contributed by atoms with E-state index < -0.39 is 5.23 Å². The van der Waals surface area contributed by atoms with Gasteiger partial charge in [0, 0.05) is 20.4 Å². The molecule has 0 amide bonds. The second-order valence-corrected chi connectivity index (χ2v) is 13.6. The molecular formula is C28H45Cl2NO3PRu. The third-order valence-corrected chi connectivity index (χ3v) is 11.6. The molecule has 4 rings (SSSR count). The Morgan fingerprint density at radius 3 is 1.50 bits per heavy atom. The van der Waals surface area contributed by atoms with Gasteiger partial charge < -0.3 is 28.0 Å². The van der Waals surface area contributed by atoms with Crippen LogP contribution in [0.4, 0.5) is 0 Å². The molecule has 0 aromatic carbocycles. The van der Waals surface area contributed by atoms with E-state index in [4.69, 9.17) is 11.0 Å². The number of allylic oxidation sites excluding steroid dienone is 4. The van der Waals surface area contributed by atoms with Gasteiger partial charge in [-0.2, -0.15) is 4.42 Å². The van der Waals surface area contributed by atoms with Crippen molar-refractivity contribution in [2.75, 3.05) is 0 Å². The summed E-state index contributed by atoms with van der Waals surface area (Å²) in [6, 6.07) is 0. The summed E-state index contributed by atoms with van der Waals surface area (Å²) in [4.78, 5) is 0. The number of halogens is 2. The predicted octanol–water partition coefficient (Wildman–Crippen LogP) is 5.50. The Balaban J connectivity index is 0.000000655. The Hall–Kier alpha value is 0.153. The first-order chi connectivity index (χ1) is 16.0. The Labute approximate surface area is 246 Å². The summed E-state index contributed by atoms with van der Waals surface area (Å²) in [6.07, 6.45) is 27.8. The molecule has 0 unspecified atom stereocenters. The maximum absolute atomic E-state index is 10.4. The SMILES string of the molecule is C1CCC(P(C2CCCCC2)C2CCCCC2)CC1.Cl.[CH+]=C1C=C(N([O-])[O-])C=CC1=[O+]C(C)C.[Cl-].[Ru+]. The van der Waals surface area contributed by atoms with E-state index >= 15 is 0 Å². The van der Waals surface area contributed by atoms with Crippen LogP contribution in [0, 0.1) is 17.0 Å². The smallest absolute Gasteiger partial charge is 1.00 e. The number of ketones is 1. The molecule has 0 saturated heterocycles. The zero-order valence-electron chi connectivity index (χ0n) is 22.0. The molecule has 0 spiro atoms. The van der Waals surface area contributed by atoms with E-state index in [9.17, 15) is 10.4 Å². The molecule has 0 atom stereocenters. The summed E-state index contributed by atoms with van der Waals surface area (Å²) in [6.45, 7) is 9.30. The van der Waals surface area contributed by atoms with Crippen LogP contribution in [0.5, 0.6) is 0 Å². The number of nitrogens with zero attached hydrogens (tertiary/aromatic N) is 1. The molecule has 4 aliphatic rings. The van der Waals surface area contributed by atoms with Crippen molar-refractivity contribution >= 4 is 26.1 Å². The first kappa shape index (κ1) is 36.2. The number of rotatable bonds is 5. The minimum absolute atomic E-state index is 0. The summed E-state index contributed by atoms with van der Waals surface area (Å²) in [5.41, 5.74) is 3.83. The van der Waals surface area contributed by atoms with Crippen molar-refractivity contribution in [2.45, 2.75) is 133 Å². The molecule has 0 aliphatic heterocycles. The van der Waals surface area contributed by atoms with Gasteiger partial charge in [0.25, 0.3) is 11.7 Å². The topological polar surface area (TPSA) is 60.7 Å². The summed E-state index contributed by atoms with van der Waals surface area (Å²) in [5.74, 6) is 0.477. The van der Waals surface area contributed by atoms with Crippen molar-refractivity contribution in [3.63, 3.8) is 0 Å². The minimum atomic E-state index is -0.491. The molecule has 207 valence electrons. The number of hydroxylamine groups is 2. The van der Waals surface area contributed by atoms with Crippen LogP contribution in [-0.4, -0.2) is 34.1 Å². The Bertz CT molecular complexity index is 669. The van der Waals surface area contributed by atoms with E-state index in [2.05, 4.69) is 0 Å². The van der Waals surface area contributed by atoms with Crippen LogP contribution >= 0.6 is 20.3 Å². The van der Waals surface area contributed by atoms with Gasteiger partial charge in [0.2, 0.25) is 0 Å². The molecule has 8 heteroatoms. The molecule has 3 saturated carbocycles. The van der Waals surface area contributed by atoms with E-state index in [1.165, 1.54) is 54.5 Å². The molecule has 36 heavy (non-hydrogen) atoms. The van der Waals surface area contributed by atoms with Crippen molar-refractivity contribution in [1.82, 2.24) is 5.23 Å². The number of carbonyl (C=O) groups excluding carboxylic acids is 1. The first-order valence-corrected chi connectivity index (χ1v) is 15.0. The standard InChI is InChI=1S/C18H33P.C10H11NO3.2ClH.Ru/c1-4-10-16(11-5-1)19(17-12-6-2-7-13-17)18-14-8-3-9-15-18;1-7(2)14-10-5-4-9(11(12)13)6-8(10)3;;;/h16-18H,1-15H2;3-7H,1-2H3;2*1H;/q;;;;+1/p-1. The molecule has 1 radical (unpaired) electrons. The molecule has 0 aromatic rings. The van der Waals surface area contributed by atoms with E-state index in [0.717, 1.165) is 0 Å². The van der Waals surface area contributed by atoms with Crippen LogP contribution in [0.25, 0.3) is 0 Å². The summed E-state index contributed by atoms with van der Waals surface area (Å²) in [7, 11) is 0.385. The number of hydrogen-bond donors (Lipinski definition) is 0. The van der Waals surface area contributed by atoms with Gasteiger partial charge in [0.1, 0.15) is 6.08 Å². The van der Waals surface area contributed by atoms with Crippen LogP contribution < -0.4 is 12.4 Å². The minimum Gasteiger partial charge on any atom is -1.00 e. The normalized spacial score (nSPS) is 22.6. The average molecular weight is 647 g/mol. The molecular weight excluding hydrogens is 601 g/mol. The van der Waals surface area contributed by atoms with E-state index in [0.29, 0.717) is 13.7 Å². The van der Waals surface area contributed by atoms with Crippen LogP contribution in [0.15, 0.2) is 29.5 Å². The van der Waals surface area contributed by atoms with Gasteiger partial charge in [0.15, 0.2) is 0 Å². The van der Waals surface area contributed by atoms with Gasteiger partial charge in [0.05, 0.1) is 11.8 Å². The Morgan fingerprint density at radius 1 is 0.806 bits per heavy atom. The van der Waals surface area contributed by atoms with E-state index in [-0.39, 0.29) is 61.7 Å².